The number of rotatable bonds is 4. The summed E-state index contributed by atoms with van der Waals surface area (Å²) in [6, 6.07) is 9.12. The molecule has 2 atom stereocenters. The molecule has 0 aromatic heterocycles. The summed E-state index contributed by atoms with van der Waals surface area (Å²) >= 11 is 0. The zero-order chi connectivity index (χ0) is 12.3. The van der Waals surface area contributed by atoms with Gasteiger partial charge in [0.25, 0.3) is 0 Å². The van der Waals surface area contributed by atoms with Crippen molar-refractivity contribution in [3.8, 4) is 0 Å². The molecule has 1 aliphatic heterocycles. The molecule has 0 amide bonds. The number of hydrogen-bond acceptors (Lipinski definition) is 3. The summed E-state index contributed by atoms with van der Waals surface area (Å²) in [7, 11) is 1.98. The molecule has 0 radical (unpaired) electrons. The van der Waals surface area contributed by atoms with Crippen LogP contribution in [0.3, 0.4) is 0 Å². The maximum absolute atomic E-state index is 9.43. The van der Waals surface area contributed by atoms with Crippen LogP contribution in [0.4, 0.5) is 5.69 Å². The summed E-state index contributed by atoms with van der Waals surface area (Å²) in [5, 5.41) is 12.7. The highest BCUT2D eigenvalue weighted by atomic mass is 16.3. The highest BCUT2D eigenvalue weighted by molar-refractivity contribution is 5.56. The summed E-state index contributed by atoms with van der Waals surface area (Å²) in [6.45, 7) is 3.48. The Morgan fingerprint density at radius 1 is 1.47 bits per heavy atom. The standard InChI is InChI=1S/C14H22N2O/c1-11(15-2)13-7-3-4-8-14(13)16-9-5-6-12(16)10-17/h3-4,7-8,11-12,15,17H,5-6,9-10H2,1-2H3. The van der Waals surface area contributed by atoms with Gasteiger partial charge in [0.1, 0.15) is 0 Å². The van der Waals surface area contributed by atoms with E-state index in [2.05, 4.69) is 41.4 Å². The third kappa shape index (κ3) is 2.45. The molecule has 0 saturated carbocycles. The highest BCUT2D eigenvalue weighted by Crippen LogP contribution is 2.31. The van der Waals surface area contributed by atoms with Crippen molar-refractivity contribution in [2.24, 2.45) is 0 Å². The number of nitrogens with one attached hydrogen (secondary N) is 1. The van der Waals surface area contributed by atoms with Gasteiger partial charge in [-0.15, -0.1) is 0 Å². The molecule has 1 aliphatic rings. The predicted octanol–water partition coefficient (Wildman–Crippen LogP) is 1.93. The first-order valence-electron chi connectivity index (χ1n) is 6.41. The van der Waals surface area contributed by atoms with E-state index in [0.717, 1.165) is 13.0 Å². The minimum Gasteiger partial charge on any atom is -0.394 e. The summed E-state index contributed by atoms with van der Waals surface area (Å²) < 4.78 is 0. The number of para-hydroxylation sites is 1. The molecule has 2 rings (SSSR count). The first kappa shape index (κ1) is 12.4. The Balaban J connectivity index is 2.31. The topological polar surface area (TPSA) is 35.5 Å². The average molecular weight is 234 g/mol. The quantitative estimate of drug-likeness (QED) is 0.835. The molecule has 1 aromatic rings. The van der Waals surface area contributed by atoms with Crippen LogP contribution >= 0.6 is 0 Å². The van der Waals surface area contributed by atoms with Crippen molar-refractivity contribution in [3.63, 3.8) is 0 Å². The fourth-order valence-electron chi connectivity index (χ4n) is 2.61. The minimum absolute atomic E-state index is 0.252. The molecule has 0 aliphatic carbocycles. The first-order valence-corrected chi connectivity index (χ1v) is 6.41. The molecule has 3 heteroatoms. The van der Waals surface area contributed by atoms with E-state index in [4.69, 9.17) is 0 Å². The Bertz CT molecular complexity index is 367. The first-order chi connectivity index (χ1) is 8.27. The Morgan fingerprint density at radius 3 is 2.94 bits per heavy atom. The van der Waals surface area contributed by atoms with Crippen molar-refractivity contribution in [1.82, 2.24) is 5.32 Å². The van der Waals surface area contributed by atoms with Crippen LogP contribution in [0, 0.1) is 0 Å². The molecule has 1 fully saturated rings. The summed E-state index contributed by atoms with van der Waals surface area (Å²) in [5.74, 6) is 0. The van der Waals surface area contributed by atoms with Crippen molar-refractivity contribution < 1.29 is 5.11 Å². The van der Waals surface area contributed by atoms with Gasteiger partial charge >= 0.3 is 0 Å². The van der Waals surface area contributed by atoms with Crippen molar-refractivity contribution in [1.29, 1.82) is 0 Å². The molecular formula is C14H22N2O. The van der Waals surface area contributed by atoms with Gasteiger partial charge in [0.15, 0.2) is 0 Å². The molecule has 94 valence electrons. The van der Waals surface area contributed by atoms with Crippen LogP contribution in [0.15, 0.2) is 24.3 Å². The molecule has 17 heavy (non-hydrogen) atoms. The molecule has 2 N–H and O–H groups in total. The van der Waals surface area contributed by atoms with Gasteiger partial charge in [-0.2, -0.15) is 0 Å². The third-order valence-corrected chi connectivity index (χ3v) is 3.73. The van der Waals surface area contributed by atoms with E-state index in [0.29, 0.717) is 12.1 Å². The highest BCUT2D eigenvalue weighted by Gasteiger charge is 2.26. The van der Waals surface area contributed by atoms with Gasteiger partial charge in [-0.3, -0.25) is 0 Å². The van der Waals surface area contributed by atoms with E-state index in [-0.39, 0.29) is 6.61 Å². The van der Waals surface area contributed by atoms with Gasteiger partial charge in [-0.05, 0) is 38.4 Å². The smallest absolute Gasteiger partial charge is 0.0635 e. The van der Waals surface area contributed by atoms with Gasteiger partial charge in [-0.25, -0.2) is 0 Å². The molecule has 0 bridgehead atoms. The molecule has 2 unspecified atom stereocenters. The number of anilines is 1. The molecule has 1 saturated heterocycles. The molecule has 0 spiro atoms. The predicted molar refractivity (Wildman–Crippen MR) is 71.4 cm³/mol. The Kier molecular flexibility index (Phi) is 4.02. The lowest BCUT2D eigenvalue weighted by Crippen LogP contribution is -2.33. The zero-order valence-electron chi connectivity index (χ0n) is 10.7. The average Bonchev–Trinajstić information content (AvgIpc) is 2.86. The van der Waals surface area contributed by atoms with Crippen LogP contribution in [0.2, 0.25) is 0 Å². The van der Waals surface area contributed by atoms with E-state index in [9.17, 15) is 5.11 Å². The van der Waals surface area contributed by atoms with Crippen molar-refractivity contribution in [2.45, 2.75) is 31.8 Å². The van der Waals surface area contributed by atoms with Crippen LogP contribution in [-0.2, 0) is 0 Å². The van der Waals surface area contributed by atoms with Crippen molar-refractivity contribution in [2.75, 3.05) is 25.1 Å². The van der Waals surface area contributed by atoms with E-state index in [1.807, 2.05) is 7.05 Å². The number of aliphatic hydroxyl groups is 1. The second-order valence-electron chi connectivity index (χ2n) is 4.74. The Morgan fingerprint density at radius 2 is 2.24 bits per heavy atom. The van der Waals surface area contributed by atoms with E-state index in [1.54, 1.807) is 0 Å². The Hall–Kier alpha value is -1.06. The largest absolute Gasteiger partial charge is 0.394 e. The molecule has 1 heterocycles. The third-order valence-electron chi connectivity index (χ3n) is 3.73. The summed E-state index contributed by atoms with van der Waals surface area (Å²) in [4.78, 5) is 2.35. The fraction of sp³-hybridized carbons (Fsp3) is 0.571. The Labute approximate surface area is 103 Å². The minimum atomic E-state index is 0.252. The van der Waals surface area contributed by atoms with E-state index in [1.165, 1.54) is 17.7 Å². The van der Waals surface area contributed by atoms with Crippen LogP contribution in [0.1, 0.15) is 31.4 Å². The zero-order valence-corrected chi connectivity index (χ0v) is 10.7. The number of aliphatic hydroxyl groups excluding tert-OH is 1. The monoisotopic (exact) mass is 234 g/mol. The molecule has 3 nitrogen and oxygen atoms in total. The van der Waals surface area contributed by atoms with Crippen LogP contribution in [0.25, 0.3) is 0 Å². The van der Waals surface area contributed by atoms with Gasteiger partial charge in [0.05, 0.1) is 12.6 Å². The number of nitrogens with zero attached hydrogens (tertiary/aromatic N) is 1. The number of benzene rings is 1. The normalized spacial score (nSPS) is 21.8. The maximum Gasteiger partial charge on any atom is 0.0635 e. The van der Waals surface area contributed by atoms with Gasteiger partial charge in [0.2, 0.25) is 0 Å². The molecular weight excluding hydrogens is 212 g/mol. The van der Waals surface area contributed by atoms with Crippen LogP contribution in [0.5, 0.6) is 0 Å². The lowest BCUT2D eigenvalue weighted by molar-refractivity contribution is 0.266. The van der Waals surface area contributed by atoms with Crippen LogP contribution in [-0.4, -0.2) is 31.3 Å². The van der Waals surface area contributed by atoms with E-state index < -0.39 is 0 Å². The lowest BCUT2D eigenvalue weighted by atomic mass is 10.0. The second kappa shape index (κ2) is 5.52. The van der Waals surface area contributed by atoms with E-state index >= 15 is 0 Å². The van der Waals surface area contributed by atoms with Gasteiger partial charge in [0, 0.05) is 18.3 Å². The van der Waals surface area contributed by atoms with Gasteiger partial charge in [-0.1, -0.05) is 18.2 Å². The van der Waals surface area contributed by atoms with Crippen LogP contribution < -0.4 is 10.2 Å². The lowest BCUT2D eigenvalue weighted by Gasteiger charge is -2.29. The van der Waals surface area contributed by atoms with Crippen molar-refractivity contribution in [3.05, 3.63) is 29.8 Å². The maximum atomic E-state index is 9.43. The SMILES string of the molecule is CNC(C)c1ccccc1N1CCCC1CO. The molecule has 1 aromatic carbocycles. The fourth-order valence-corrected chi connectivity index (χ4v) is 2.61. The summed E-state index contributed by atoms with van der Waals surface area (Å²) in [6.07, 6.45) is 2.27. The van der Waals surface area contributed by atoms with Gasteiger partial charge < -0.3 is 15.3 Å². The second-order valence-corrected chi connectivity index (χ2v) is 4.74. The number of hydrogen-bond donors (Lipinski definition) is 2. The van der Waals surface area contributed by atoms with Crippen molar-refractivity contribution >= 4 is 5.69 Å². The summed E-state index contributed by atoms with van der Waals surface area (Å²) in [5.41, 5.74) is 2.58.